The van der Waals surface area contributed by atoms with E-state index in [0.717, 1.165) is 25.7 Å². The van der Waals surface area contributed by atoms with Crippen LogP contribution in [0.5, 0.6) is 0 Å². The third-order valence-corrected chi connectivity index (χ3v) is 3.56. The third-order valence-electron chi connectivity index (χ3n) is 3.56. The average Bonchev–Trinajstić information content (AvgIpc) is 2.34. The molecule has 0 aromatic carbocycles. The first kappa shape index (κ1) is 18.1. The molecule has 0 spiro atoms. The molecule has 0 heterocycles. The quantitative estimate of drug-likeness (QED) is 0.819. The van der Waals surface area contributed by atoms with E-state index >= 15 is 0 Å². The summed E-state index contributed by atoms with van der Waals surface area (Å²) in [5, 5.41) is 5.04. The zero-order chi connectivity index (χ0) is 16.1. The fraction of sp³-hybridized carbons (Fsp3) is 0.933. The van der Waals surface area contributed by atoms with Gasteiger partial charge in [-0.2, -0.15) is 0 Å². The predicted octanol–water partition coefficient (Wildman–Crippen LogP) is 3.31. The Kier molecular flexibility index (Phi) is 6.38. The number of carbonyl (C=O) groups is 1. The second-order valence-corrected chi connectivity index (χ2v) is 7.05. The molecule has 0 radical (unpaired) electrons. The fourth-order valence-electron chi connectivity index (χ4n) is 2.34. The lowest BCUT2D eigenvalue weighted by Crippen LogP contribution is -2.47. The molecular weight excluding hydrogens is 278 g/mol. The molecule has 0 atom stereocenters. The summed E-state index contributed by atoms with van der Waals surface area (Å²) in [6.45, 7) is 6.14. The lowest BCUT2D eigenvalue weighted by atomic mass is 9.87. The van der Waals surface area contributed by atoms with E-state index in [4.69, 9.17) is 4.74 Å². The highest BCUT2D eigenvalue weighted by Crippen LogP contribution is 2.24. The lowest BCUT2D eigenvalue weighted by molar-refractivity contribution is -0.00669. The minimum absolute atomic E-state index is 0.161. The monoisotopic (exact) mass is 306 g/mol. The number of rotatable bonds is 5. The van der Waals surface area contributed by atoms with Crippen molar-refractivity contribution in [3.05, 3.63) is 0 Å². The van der Waals surface area contributed by atoms with E-state index in [1.54, 1.807) is 20.8 Å². The first-order valence-electron chi connectivity index (χ1n) is 7.65. The van der Waals surface area contributed by atoms with Crippen molar-refractivity contribution in [3.8, 4) is 0 Å². The number of amides is 1. The van der Waals surface area contributed by atoms with E-state index in [0.29, 0.717) is 5.92 Å². The molecular formula is C15H28F2N2O2. The minimum Gasteiger partial charge on any atom is -0.444 e. The first-order valence-corrected chi connectivity index (χ1v) is 7.65. The molecule has 6 heteroatoms. The van der Waals surface area contributed by atoms with Crippen LogP contribution in [0.1, 0.15) is 53.4 Å². The summed E-state index contributed by atoms with van der Waals surface area (Å²) in [5.74, 6) is -2.28. The van der Waals surface area contributed by atoms with Gasteiger partial charge in [-0.05, 0) is 52.4 Å². The number of hydrogen-bond acceptors (Lipinski definition) is 3. The molecule has 1 amide bonds. The highest BCUT2D eigenvalue weighted by atomic mass is 19.3. The fourth-order valence-corrected chi connectivity index (χ4v) is 2.34. The molecule has 124 valence electrons. The van der Waals surface area contributed by atoms with Gasteiger partial charge in [-0.3, -0.25) is 0 Å². The summed E-state index contributed by atoms with van der Waals surface area (Å²) in [5.41, 5.74) is -0.684. The van der Waals surface area contributed by atoms with Crippen LogP contribution in [-0.4, -0.2) is 36.7 Å². The Balaban J connectivity index is 2.25. The summed E-state index contributed by atoms with van der Waals surface area (Å²) in [6, 6.07) is 0.161. The van der Waals surface area contributed by atoms with Crippen molar-refractivity contribution in [1.82, 2.24) is 10.6 Å². The number of alkyl carbamates (subject to hydrolysis) is 1. The van der Waals surface area contributed by atoms with Crippen LogP contribution in [0.25, 0.3) is 0 Å². The molecule has 1 fully saturated rings. The zero-order valence-electron chi connectivity index (χ0n) is 13.5. The molecule has 1 rings (SSSR count). The highest BCUT2D eigenvalue weighted by molar-refractivity contribution is 5.67. The average molecular weight is 306 g/mol. The number of ether oxygens (including phenoxy) is 1. The molecule has 0 aliphatic heterocycles. The summed E-state index contributed by atoms with van der Waals surface area (Å²) in [4.78, 5) is 11.4. The van der Waals surface area contributed by atoms with Crippen LogP contribution >= 0.6 is 0 Å². The second-order valence-electron chi connectivity index (χ2n) is 7.05. The van der Waals surface area contributed by atoms with Crippen LogP contribution in [0.2, 0.25) is 0 Å². The van der Waals surface area contributed by atoms with Gasteiger partial charge in [0.1, 0.15) is 5.60 Å². The van der Waals surface area contributed by atoms with Crippen LogP contribution in [-0.2, 0) is 4.74 Å². The maximum Gasteiger partial charge on any atom is 0.407 e. The predicted molar refractivity (Wildman–Crippen MR) is 78.6 cm³/mol. The van der Waals surface area contributed by atoms with Gasteiger partial charge >= 0.3 is 6.09 Å². The van der Waals surface area contributed by atoms with Crippen LogP contribution < -0.4 is 10.6 Å². The number of halogens is 2. The SMILES string of the molecule is CC1CCC(NCC(F)(F)CNC(=O)OC(C)(C)C)CC1. The van der Waals surface area contributed by atoms with Gasteiger partial charge in [-0.1, -0.05) is 6.92 Å². The van der Waals surface area contributed by atoms with Gasteiger partial charge in [-0.15, -0.1) is 0 Å². The standard InChI is InChI=1S/C15H28F2N2O2/c1-11-5-7-12(8-6-11)18-9-15(16,17)10-19-13(20)21-14(2,3)4/h11-12,18H,5-10H2,1-4H3,(H,19,20). The summed E-state index contributed by atoms with van der Waals surface area (Å²) >= 11 is 0. The molecule has 0 bridgehead atoms. The molecule has 4 nitrogen and oxygen atoms in total. The normalized spacial score (nSPS) is 23.7. The summed E-state index contributed by atoms with van der Waals surface area (Å²) in [7, 11) is 0. The second kappa shape index (κ2) is 7.38. The van der Waals surface area contributed by atoms with Crippen molar-refractivity contribution >= 4 is 6.09 Å². The maximum atomic E-state index is 13.7. The van der Waals surface area contributed by atoms with Gasteiger partial charge in [0.2, 0.25) is 0 Å². The van der Waals surface area contributed by atoms with Gasteiger partial charge in [0, 0.05) is 6.04 Å². The van der Waals surface area contributed by atoms with E-state index < -0.39 is 30.7 Å². The van der Waals surface area contributed by atoms with E-state index in [-0.39, 0.29) is 6.04 Å². The van der Waals surface area contributed by atoms with Crippen molar-refractivity contribution in [1.29, 1.82) is 0 Å². The highest BCUT2D eigenvalue weighted by Gasteiger charge is 2.31. The Morgan fingerprint density at radius 3 is 2.24 bits per heavy atom. The van der Waals surface area contributed by atoms with E-state index in [1.165, 1.54) is 0 Å². The van der Waals surface area contributed by atoms with Crippen LogP contribution in [0.15, 0.2) is 0 Å². The van der Waals surface area contributed by atoms with Crippen molar-refractivity contribution in [2.45, 2.75) is 70.9 Å². The molecule has 21 heavy (non-hydrogen) atoms. The van der Waals surface area contributed by atoms with E-state index in [2.05, 4.69) is 17.6 Å². The molecule has 0 aromatic rings. The molecule has 1 saturated carbocycles. The zero-order valence-corrected chi connectivity index (χ0v) is 13.5. The van der Waals surface area contributed by atoms with Crippen molar-refractivity contribution in [2.75, 3.05) is 13.1 Å². The number of hydrogen-bond donors (Lipinski definition) is 2. The van der Waals surface area contributed by atoms with Gasteiger partial charge in [0.15, 0.2) is 0 Å². The molecule has 0 aromatic heterocycles. The van der Waals surface area contributed by atoms with Crippen molar-refractivity contribution in [3.63, 3.8) is 0 Å². The summed E-state index contributed by atoms with van der Waals surface area (Å²) in [6.07, 6.45) is 3.24. The number of carbonyl (C=O) groups excluding carboxylic acids is 1. The Labute approximate surface area is 126 Å². The van der Waals surface area contributed by atoms with Crippen LogP contribution in [0.3, 0.4) is 0 Å². The Hall–Kier alpha value is -0.910. The molecule has 1 aliphatic carbocycles. The Bertz CT molecular complexity index is 335. The molecule has 1 aliphatic rings. The van der Waals surface area contributed by atoms with E-state index in [9.17, 15) is 13.6 Å². The van der Waals surface area contributed by atoms with Crippen LogP contribution in [0.4, 0.5) is 13.6 Å². The van der Waals surface area contributed by atoms with Crippen molar-refractivity contribution < 1.29 is 18.3 Å². The van der Waals surface area contributed by atoms with Gasteiger partial charge in [0.25, 0.3) is 5.92 Å². The Morgan fingerprint density at radius 1 is 1.14 bits per heavy atom. The largest absolute Gasteiger partial charge is 0.444 e. The molecule has 0 unspecified atom stereocenters. The molecule has 2 N–H and O–H groups in total. The Morgan fingerprint density at radius 2 is 1.71 bits per heavy atom. The number of nitrogens with one attached hydrogen (secondary N) is 2. The van der Waals surface area contributed by atoms with Crippen LogP contribution in [0, 0.1) is 5.92 Å². The summed E-state index contributed by atoms with van der Waals surface area (Å²) < 4.78 is 32.4. The van der Waals surface area contributed by atoms with Gasteiger partial charge in [-0.25, -0.2) is 13.6 Å². The van der Waals surface area contributed by atoms with E-state index in [1.807, 2.05) is 0 Å². The first-order chi connectivity index (χ1) is 9.57. The maximum absolute atomic E-state index is 13.7. The number of alkyl halides is 2. The third kappa shape index (κ3) is 8.19. The van der Waals surface area contributed by atoms with Gasteiger partial charge in [0.05, 0.1) is 13.1 Å². The van der Waals surface area contributed by atoms with Gasteiger partial charge < -0.3 is 15.4 Å². The topological polar surface area (TPSA) is 50.4 Å². The molecule has 0 saturated heterocycles. The minimum atomic E-state index is -2.97. The lowest BCUT2D eigenvalue weighted by Gasteiger charge is -2.29. The van der Waals surface area contributed by atoms with Crippen molar-refractivity contribution in [2.24, 2.45) is 5.92 Å². The smallest absolute Gasteiger partial charge is 0.407 e.